The first-order chi connectivity index (χ1) is 13.8. The van der Waals surface area contributed by atoms with Gasteiger partial charge in [-0.2, -0.15) is 10.1 Å². The fourth-order valence-corrected chi connectivity index (χ4v) is 2.71. The van der Waals surface area contributed by atoms with Crippen LogP contribution in [0, 0.1) is 29.1 Å². The van der Waals surface area contributed by atoms with Gasteiger partial charge in [0.1, 0.15) is 17.2 Å². The highest BCUT2D eigenvalue weighted by molar-refractivity contribution is 6.40. The molecule has 5 nitrogen and oxygen atoms in total. The summed E-state index contributed by atoms with van der Waals surface area (Å²) in [5.41, 5.74) is -0.788. The molecule has 0 unspecified atom stereocenters. The minimum absolute atomic E-state index is 0.00930. The van der Waals surface area contributed by atoms with Crippen LogP contribution in [0.25, 0.3) is 0 Å². The van der Waals surface area contributed by atoms with E-state index in [-0.39, 0.29) is 36.2 Å². The molecule has 0 aliphatic carbocycles. The van der Waals surface area contributed by atoms with Crippen LogP contribution in [0.4, 0.5) is 27.6 Å². The molecule has 0 atom stereocenters. The van der Waals surface area contributed by atoms with Crippen LogP contribution in [0.2, 0.25) is 0 Å². The zero-order valence-corrected chi connectivity index (χ0v) is 14.8. The summed E-state index contributed by atoms with van der Waals surface area (Å²) in [6.45, 7) is 0.148. The van der Waals surface area contributed by atoms with Gasteiger partial charge in [0.05, 0.1) is 0 Å². The number of nitrogens with one attached hydrogen (secondary N) is 1. The van der Waals surface area contributed by atoms with Crippen LogP contribution in [0.15, 0.2) is 35.4 Å². The number of halogens is 5. The predicted molar refractivity (Wildman–Crippen MR) is 93.5 cm³/mol. The van der Waals surface area contributed by atoms with Crippen LogP contribution in [-0.2, 0) is 16.0 Å². The largest absolute Gasteiger partial charge is 0.351 e. The Kier molecular flexibility index (Phi) is 5.90. The van der Waals surface area contributed by atoms with Gasteiger partial charge >= 0.3 is 0 Å². The van der Waals surface area contributed by atoms with Crippen LogP contribution < -0.4 is 10.3 Å². The number of hydrogen-bond acceptors (Lipinski definition) is 3. The van der Waals surface area contributed by atoms with Crippen molar-refractivity contribution < 1.29 is 31.5 Å². The highest BCUT2D eigenvalue weighted by Crippen LogP contribution is 2.30. The lowest BCUT2D eigenvalue weighted by molar-refractivity contribution is -0.119. The van der Waals surface area contributed by atoms with E-state index < -0.39 is 46.6 Å². The molecule has 1 aliphatic rings. The first-order valence-corrected chi connectivity index (χ1v) is 8.54. The lowest BCUT2D eigenvalue weighted by Gasteiger charge is -2.24. The van der Waals surface area contributed by atoms with Crippen molar-refractivity contribution in [3.05, 3.63) is 65.0 Å². The molecule has 10 heteroatoms. The smallest absolute Gasteiger partial charge is 0.267 e. The number of carbonyl (C=O) groups excluding carboxylic acids is 2. The van der Waals surface area contributed by atoms with Crippen molar-refractivity contribution in [2.24, 2.45) is 5.10 Å². The molecule has 0 aromatic heterocycles. The zero-order valence-electron chi connectivity index (χ0n) is 14.8. The number of amides is 2. The summed E-state index contributed by atoms with van der Waals surface area (Å²) in [6, 6.07) is 5.64. The zero-order chi connectivity index (χ0) is 21.1. The Balaban J connectivity index is 1.76. The number of anilines is 1. The van der Waals surface area contributed by atoms with Crippen LogP contribution in [0.1, 0.15) is 18.4 Å². The van der Waals surface area contributed by atoms with Crippen molar-refractivity contribution in [1.82, 2.24) is 5.32 Å². The second-order valence-electron chi connectivity index (χ2n) is 6.20. The number of rotatable bonds is 5. The van der Waals surface area contributed by atoms with E-state index in [0.717, 1.165) is 5.56 Å². The Morgan fingerprint density at radius 2 is 1.62 bits per heavy atom. The standard InChI is InChI=1S/C19H14F5N3O2/c20-11-3-1-10(2-4-11)7-8-25-19(29)14-5-6-15(28)27(26-14)18-16(23)12(21)9-13(22)17(18)24/h1-4,9H,5-8H2,(H,25,29). The first-order valence-electron chi connectivity index (χ1n) is 8.54. The molecule has 2 aromatic carbocycles. The molecule has 1 N–H and O–H groups in total. The third-order valence-corrected chi connectivity index (χ3v) is 4.21. The van der Waals surface area contributed by atoms with Crippen LogP contribution >= 0.6 is 0 Å². The van der Waals surface area contributed by atoms with Gasteiger partial charge in [0.2, 0.25) is 5.91 Å². The van der Waals surface area contributed by atoms with Crippen LogP contribution in [-0.4, -0.2) is 24.1 Å². The van der Waals surface area contributed by atoms with Gasteiger partial charge in [0, 0.05) is 25.5 Å². The third kappa shape index (κ3) is 4.41. The molecule has 1 aliphatic heterocycles. The minimum atomic E-state index is -1.79. The molecule has 29 heavy (non-hydrogen) atoms. The average molecular weight is 411 g/mol. The van der Waals surface area contributed by atoms with E-state index >= 15 is 0 Å². The van der Waals surface area contributed by atoms with Crippen molar-refractivity contribution in [3.63, 3.8) is 0 Å². The van der Waals surface area contributed by atoms with Gasteiger partial charge in [-0.25, -0.2) is 22.0 Å². The van der Waals surface area contributed by atoms with E-state index in [2.05, 4.69) is 10.4 Å². The second-order valence-corrected chi connectivity index (χ2v) is 6.20. The molecular formula is C19H14F5N3O2. The third-order valence-electron chi connectivity index (χ3n) is 4.21. The summed E-state index contributed by atoms with van der Waals surface area (Å²) in [5.74, 6) is -9.00. The highest BCUT2D eigenvalue weighted by atomic mass is 19.2. The molecule has 3 rings (SSSR count). The SMILES string of the molecule is O=C(NCCc1ccc(F)cc1)C1=NN(c2c(F)c(F)cc(F)c2F)C(=O)CC1. The molecular weight excluding hydrogens is 397 g/mol. The van der Waals surface area contributed by atoms with E-state index in [1.54, 1.807) is 12.1 Å². The fourth-order valence-electron chi connectivity index (χ4n) is 2.71. The molecule has 0 saturated carbocycles. The van der Waals surface area contributed by atoms with Gasteiger partial charge in [-0.1, -0.05) is 12.1 Å². The molecule has 2 amide bonds. The predicted octanol–water partition coefficient (Wildman–Crippen LogP) is 3.22. The van der Waals surface area contributed by atoms with Crippen LogP contribution in [0.5, 0.6) is 0 Å². The van der Waals surface area contributed by atoms with Crippen molar-refractivity contribution >= 4 is 23.2 Å². The Morgan fingerprint density at radius 3 is 2.24 bits per heavy atom. The summed E-state index contributed by atoms with van der Waals surface area (Å²) in [4.78, 5) is 24.2. The quantitative estimate of drug-likeness (QED) is 0.607. The van der Waals surface area contributed by atoms with Gasteiger partial charge in [0.15, 0.2) is 23.3 Å². The molecule has 152 valence electrons. The summed E-state index contributed by atoms with van der Waals surface area (Å²) in [7, 11) is 0. The maximum absolute atomic E-state index is 14.0. The maximum Gasteiger partial charge on any atom is 0.267 e. The normalized spacial score (nSPS) is 14.0. The molecule has 0 bridgehead atoms. The van der Waals surface area contributed by atoms with Crippen molar-refractivity contribution in [2.75, 3.05) is 11.6 Å². The fraction of sp³-hybridized carbons (Fsp3) is 0.211. The highest BCUT2D eigenvalue weighted by Gasteiger charge is 2.32. The number of nitrogens with zero attached hydrogens (tertiary/aromatic N) is 2. The monoisotopic (exact) mass is 411 g/mol. The summed E-state index contributed by atoms with van der Waals surface area (Å²) < 4.78 is 67.7. The molecule has 1 heterocycles. The first kappa shape index (κ1) is 20.4. The Bertz CT molecular complexity index is 966. The molecule has 2 aromatic rings. The van der Waals surface area contributed by atoms with E-state index in [1.807, 2.05) is 0 Å². The van der Waals surface area contributed by atoms with Crippen molar-refractivity contribution in [2.45, 2.75) is 19.3 Å². The minimum Gasteiger partial charge on any atom is -0.351 e. The molecule has 0 radical (unpaired) electrons. The summed E-state index contributed by atoms with van der Waals surface area (Å²) in [5, 5.41) is 6.28. The van der Waals surface area contributed by atoms with E-state index in [4.69, 9.17) is 0 Å². The van der Waals surface area contributed by atoms with E-state index in [1.165, 1.54) is 12.1 Å². The Hall–Kier alpha value is -3.30. The number of carbonyl (C=O) groups is 2. The van der Waals surface area contributed by atoms with Crippen molar-refractivity contribution in [3.8, 4) is 0 Å². The molecule has 0 spiro atoms. The Labute approximate surface area is 161 Å². The number of benzene rings is 2. The van der Waals surface area contributed by atoms with Crippen LogP contribution in [0.3, 0.4) is 0 Å². The van der Waals surface area contributed by atoms with Crippen molar-refractivity contribution in [1.29, 1.82) is 0 Å². The van der Waals surface area contributed by atoms with Gasteiger partial charge in [-0.05, 0) is 24.1 Å². The van der Waals surface area contributed by atoms with E-state index in [9.17, 15) is 31.5 Å². The number of hydrazone groups is 1. The number of hydrogen-bond donors (Lipinski definition) is 1. The lowest BCUT2D eigenvalue weighted by atomic mass is 10.1. The van der Waals surface area contributed by atoms with Gasteiger partial charge in [-0.15, -0.1) is 0 Å². The molecule has 0 fully saturated rings. The van der Waals surface area contributed by atoms with Gasteiger partial charge < -0.3 is 5.32 Å². The second kappa shape index (κ2) is 8.38. The van der Waals surface area contributed by atoms with E-state index in [0.29, 0.717) is 6.42 Å². The maximum atomic E-state index is 14.0. The Morgan fingerprint density at radius 1 is 1.00 bits per heavy atom. The summed E-state index contributed by atoms with van der Waals surface area (Å²) >= 11 is 0. The lowest BCUT2D eigenvalue weighted by Crippen LogP contribution is -2.40. The summed E-state index contributed by atoms with van der Waals surface area (Å²) in [6.07, 6.45) is -0.0692. The topological polar surface area (TPSA) is 61.8 Å². The van der Waals surface area contributed by atoms with Gasteiger partial charge in [-0.3, -0.25) is 9.59 Å². The average Bonchev–Trinajstić information content (AvgIpc) is 2.69. The molecule has 0 saturated heterocycles. The van der Waals surface area contributed by atoms with Gasteiger partial charge in [0.25, 0.3) is 5.91 Å².